The van der Waals surface area contributed by atoms with E-state index < -0.39 is 0 Å². The minimum Gasteiger partial charge on any atom is -0.356 e. The van der Waals surface area contributed by atoms with Crippen molar-refractivity contribution in [3.8, 4) is 0 Å². The molecule has 0 bridgehead atoms. The summed E-state index contributed by atoms with van der Waals surface area (Å²) < 4.78 is 1.99. The zero-order valence-electron chi connectivity index (χ0n) is 16.6. The van der Waals surface area contributed by atoms with E-state index in [1.54, 1.807) is 0 Å². The maximum Gasteiger partial charge on any atom is 0.191 e. The first-order valence-electron chi connectivity index (χ1n) is 9.48. The summed E-state index contributed by atoms with van der Waals surface area (Å²) in [7, 11) is 1.98. The summed E-state index contributed by atoms with van der Waals surface area (Å²) >= 11 is 0. The number of hydrogen-bond donors (Lipinski definition) is 2. The highest BCUT2D eigenvalue weighted by Gasteiger charge is 2.08. The molecular formula is C18H37IN6. The lowest BCUT2D eigenvalue weighted by Gasteiger charge is -2.18. The molecular weight excluding hydrogens is 427 g/mol. The summed E-state index contributed by atoms with van der Waals surface area (Å²) in [5.74, 6) is 2.68. The van der Waals surface area contributed by atoms with Crippen molar-refractivity contribution in [2.75, 3.05) is 6.54 Å². The third-order valence-electron chi connectivity index (χ3n) is 4.26. The van der Waals surface area contributed by atoms with Crippen LogP contribution in [0.25, 0.3) is 0 Å². The molecule has 0 saturated carbocycles. The fourth-order valence-corrected chi connectivity index (χ4v) is 2.46. The Bertz CT molecular complexity index is 486. The van der Waals surface area contributed by atoms with Gasteiger partial charge in [0.05, 0.1) is 0 Å². The van der Waals surface area contributed by atoms with E-state index in [9.17, 15) is 0 Å². The summed E-state index contributed by atoms with van der Waals surface area (Å²) in [4.78, 5) is 4.70. The van der Waals surface area contributed by atoms with E-state index >= 15 is 0 Å². The maximum absolute atomic E-state index is 4.70. The molecule has 0 saturated heterocycles. The van der Waals surface area contributed by atoms with Crippen molar-refractivity contribution in [3.05, 3.63) is 11.6 Å². The van der Waals surface area contributed by atoms with E-state index in [0.717, 1.165) is 30.6 Å². The molecule has 2 N–H and O–H groups in total. The lowest BCUT2D eigenvalue weighted by molar-refractivity contribution is 0.535. The number of hydrogen-bond acceptors (Lipinski definition) is 3. The van der Waals surface area contributed by atoms with E-state index in [4.69, 9.17) is 4.99 Å². The van der Waals surface area contributed by atoms with Crippen LogP contribution in [0.2, 0.25) is 0 Å². The van der Waals surface area contributed by atoms with Crippen LogP contribution >= 0.6 is 24.0 Å². The Labute approximate surface area is 170 Å². The quantitative estimate of drug-likeness (QED) is 0.225. The molecule has 0 aliphatic heterocycles. The molecule has 0 amide bonds. The number of aromatic nitrogens is 3. The Hall–Kier alpha value is -0.860. The third-order valence-corrected chi connectivity index (χ3v) is 4.26. The van der Waals surface area contributed by atoms with Gasteiger partial charge in [0, 0.05) is 19.6 Å². The van der Waals surface area contributed by atoms with Crippen molar-refractivity contribution in [2.45, 2.75) is 85.2 Å². The lowest BCUT2D eigenvalue weighted by Crippen LogP contribution is -2.42. The summed E-state index contributed by atoms with van der Waals surface area (Å²) in [5.41, 5.74) is 0. The molecule has 6 nitrogen and oxygen atoms in total. The Morgan fingerprint density at radius 2 is 1.84 bits per heavy atom. The Morgan fingerprint density at radius 1 is 1.12 bits per heavy atom. The SMILES string of the molecule is CCCCCCC(C)NC(=NCc1nnc(C)n1C)NCCCC.I. The first-order chi connectivity index (χ1) is 11.6. The molecule has 0 aliphatic rings. The van der Waals surface area contributed by atoms with Crippen LogP contribution in [0.1, 0.15) is 77.4 Å². The van der Waals surface area contributed by atoms with Crippen molar-refractivity contribution in [1.29, 1.82) is 0 Å². The largest absolute Gasteiger partial charge is 0.356 e. The lowest BCUT2D eigenvalue weighted by atomic mass is 10.1. The topological polar surface area (TPSA) is 67.1 Å². The van der Waals surface area contributed by atoms with Crippen molar-refractivity contribution in [2.24, 2.45) is 12.0 Å². The highest BCUT2D eigenvalue weighted by Crippen LogP contribution is 2.05. The molecule has 146 valence electrons. The number of aliphatic imine (C=N–C) groups is 1. The molecule has 0 fully saturated rings. The van der Waals surface area contributed by atoms with Gasteiger partial charge in [0.1, 0.15) is 12.4 Å². The zero-order valence-corrected chi connectivity index (χ0v) is 19.0. The van der Waals surface area contributed by atoms with E-state index in [0.29, 0.717) is 12.6 Å². The second kappa shape index (κ2) is 14.3. The smallest absolute Gasteiger partial charge is 0.191 e. The van der Waals surface area contributed by atoms with Crippen molar-refractivity contribution >= 4 is 29.9 Å². The van der Waals surface area contributed by atoms with E-state index in [-0.39, 0.29) is 24.0 Å². The molecule has 1 aromatic rings. The first-order valence-corrected chi connectivity index (χ1v) is 9.48. The summed E-state index contributed by atoms with van der Waals surface area (Å²) in [6.45, 7) is 10.1. The monoisotopic (exact) mass is 464 g/mol. The fraction of sp³-hybridized carbons (Fsp3) is 0.833. The van der Waals surface area contributed by atoms with Crippen molar-refractivity contribution in [3.63, 3.8) is 0 Å². The predicted octanol–water partition coefficient (Wildman–Crippen LogP) is 3.94. The number of halogens is 1. The fourth-order valence-electron chi connectivity index (χ4n) is 2.46. The van der Waals surface area contributed by atoms with Gasteiger partial charge >= 0.3 is 0 Å². The minimum absolute atomic E-state index is 0. The van der Waals surface area contributed by atoms with Gasteiger partial charge in [-0.05, 0) is 26.7 Å². The van der Waals surface area contributed by atoms with E-state index in [1.807, 2.05) is 18.5 Å². The number of nitrogens with one attached hydrogen (secondary N) is 2. The Kier molecular flexibility index (Phi) is 13.8. The molecule has 0 radical (unpaired) electrons. The van der Waals surface area contributed by atoms with Crippen LogP contribution in [0.3, 0.4) is 0 Å². The van der Waals surface area contributed by atoms with Gasteiger partial charge in [0.2, 0.25) is 0 Å². The Balaban J connectivity index is 0.00000576. The van der Waals surface area contributed by atoms with Gasteiger partial charge in [-0.1, -0.05) is 46.0 Å². The predicted molar refractivity (Wildman–Crippen MR) is 117 cm³/mol. The van der Waals surface area contributed by atoms with Gasteiger partial charge in [0.25, 0.3) is 0 Å². The van der Waals surface area contributed by atoms with Crippen LogP contribution in [0.15, 0.2) is 4.99 Å². The number of guanidine groups is 1. The molecule has 1 atom stereocenters. The van der Waals surface area contributed by atoms with Gasteiger partial charge in [-0.2, -0.15) is 0 Å². The number of unbranched alkanes of at least 4 members (excludes halogenated alkanes) is 4. The van der Waals surface area contributed by atoms with Crippen LogP contribution in [0.5, 0.6) is 0 Å². The van der Waals surface area contributed by atoms with Crippen LogP contribution < -0.4 is 10.6 Å². The molecule has 25 heavy (non-hydrogen) atoms. The zero-order chi connectivity index (χ0) is 17.8. The number of rotatable bonds is 11. The van der Waals surface area contributed by atoms with Crippen molar-refractivity contribution < 1.29 is 0 Å². The minimum atomic E-state index is 0. The molecule has 0 spiro atoms. The van der Waals surface area contributed by atoms with Gasteiger partial charge in [-0.15, -0.1) is 34.2 Å². The second-order valence-corrected chi connectivity index (χ2v) is 6.56. The van der Waals surface area contributed by atoms with Crippen LogP contribution in [-0.2, 0) is 13.6 Å². The third kappa shape index (κ3) is 10.0. The summed E-state index contributed by atoms with van der Waals surface area (Å²) in [5, 5.41) is 15.2. The summed E-state index contributed by atoms with van der Waals surface area (Å²) in [6.07, 6.45) is 8.70. The average Bonchev–Trinajstić information content (AvgIpc) is 2.88. The molecule has 0 aromatic carbocycles. The highest BCUT2D eigenvalue weighted by molar-refractivity contribution is 14.0. The summed E-state index contributed by atoms with van der Waals surface area (Å²) in [6, 6.07) is 0.427. The van der Waals surface area contributed by atoms with Crippen LogP contribution in [-0.4, -0.2) is 33.3 Å². The molecule has 1 heterocycles. The van der Waals surface area contributed by atoms with Gasteiger partial charge in [-0.3, -0.25) is 0 Å². The van der Waals surface area contributed by atoms with Gasteiger partial charge < -0.3 is 15.2 Å². The molecule has 1 rings (SSSR count). The number of aryl methyl sites for hydroxylation is 1. The van der Waals surface area contributed by atoms with E-state index in [1.165, 1.54) is 38.5 Å². The Morgan fingerprint density at radius 3 is 2.44 bits per heavy atom. The van der Waals surface area contributed by atoms with Gasteiger partial charge in [0.15, 0.2) is 11.8 Å². The second-order valence-electron chi connectivity index (χ2n) is 6.56. The normalized spacial score (nSPS) is 12.6. The van der Waals surface area contributed by atoms with Crippen molar-refractivity contribution in [1.82, 2.24) is 25.4 Å². The van der Waals surface area contributed by atoms with Gasteiger partial charge in [-0.25, -0.2) is 4.99 Å². The molecule has 1 aromatic heterocycles. The molecule has 0 aliphatic carbocycles. The van der Waals surface area contributed by atoms with Crippen LogP contribution in [0.4, 0.5) is 0 Å². The average molecular weight is 464 g/mol. The van der Waals surface area contributed by atoms with Crippen LogP contribution in [0, 0.1) is 6.92 Å². The maximum atomic E-state index is 4.70. The molecule has 1 unspecified atom stereocenters. The number of nitrogens with zero attached hydrogens (tertiary/aromatic N) is 4. The highest BCUT2D eigenvalue weighted by atomic mass is 127. The molecule has 7 heteroatoms. The first kappa shape index (κ1) is 24.1. The standard InChI is InChI=1S/C18H36N6.HI/c1-6-8-10-11-12-15(3)21-18(19-13-9-7-2)20-14-17-23-22-16(4)24(17)5;/h15H,6-14H2,1-5H3,(H2,19,20,21);1H. The van der Waals surface area contributed by atoms with E-state index in [2.05, 4.69) is 41.6 Å².